The summed E-state index contributed by atoms with van der Waals surface area (Å²) >= 11 is 0. The van der Waals surface area contributed by atoms with E-state index in [-0.39, 0.29) is 54.9 Å². The van der Waals surface area contributed by atoms with Gasteiger partial charge in [-0.2, -0.15) is 8.78 Å². The number of carbonyl (C=O) groups is 7. The minimum absolute atomic E-state index is 0.0384. The molecule has 3 aromatic rings. The first-order valence-corrected chi connectivity index (χ1v) is 22.9. The molecule has 5 rings (SSSR count). The zero-order valence-electron chi connectivity index (χ0n) is 36.9. The van der Waals surface area contributed by atoms with E-state index in [1.54, 1.807) is 0 Å². The molecule has 2 aliphatic rings. The van der Waals surface area contributed by atoms with Crippen LogP contribution in [0.25, 0.3) is 10.9 Å². The van der Waals surface area contributed by atoms with Gasteiger partial charge in [0.25, 0.3) is 5.91 Å². The first-order valence-electron chi connectivity index (χ1n) is 21.4. The van der Waals surface area contributed by atoms with Crippen LogP contribution in [0, 0.1) is 0 Å². The Kier molecular flexibility index (Phi) is 17.6. The number of carbonyl (C=O) groups excluding carboxylic acids is 7. The predicted molar refractivity (Wildman–Crippen MR) is 229 cm³/mol. The predicted octanol–water partition coefficient (Wildman–Crippen LogP) is 5.58. The van der Waals surface area contributed by atoms with Gasteiger partial charge in [0.15, 0.2) is 0 Å². The van der Waals surface area contributed by atoms with E-state index >= 15 is 8.78 Å². The summed E-state index contributed by atoms with van der Waals surface area (Å²) in [5.74, 6) is -3.11. The molecule has 2 fully saturated rings. The summed E-state index contributed by atoms with van der Waals surface area (Å²) in [5.41, 5.74) is 0.832. The number of halogens is 2. The van der Waals surface area contributed by atoms with Crippen LogP contribution < -0.4 is 21.7 Å². The second-order valence-electron chi connectivity index (χ2n) is 16.2. The normalized spacial score (nSPS) is 18.2. The molecule has 2 aliphatic heterocycles. The van der Waals surface area contributed by atoms with Gasteiger partial charge >= 0.3 is 25.6 Å². The van der Waals surface area contributed by atoms with Crippen LogP contribution in [-0.4, -0.2) is 102 Å². The number of nitrogens with two attached hydrogens (primary N) is 1. The molecule has 2 unspecified atom stereocenters. The quantitative estimate of drug-likeness (QED) is 0.0526. The van der Waals surface area contributed by atoms with Crippen molar-refractivity contribution >= 4 is 60.3 Å². The fourth-order valence-electron chi connectivity index (χ4n) is 7.43. The van der Waals surface area contributed by atoms with Crippen molar-refractivity contribution in [1.29, 1.82) is 0 Å². The third kappa shape index (κ3) is 13.5. The summed E-state index contributed by atoms with van der Waals surface area (Å²) in [7, 11) is -5.71. The van der Waals surface area contributed by atoms with Crippen LogP contribution in [0.4, 0.5) is 18.4 Å². The minimum atomic E-state index is -5.71. The topological polar surface area (TPSA) is 273 Å². The number of fused-ring (bicyclic) bond motifs is 2. The van der Waals surface area contributed by atoms with Gasteiger partial charge in [0.2, 0.25) is 37.2 Å². The van der Waals surface area contributed by atoms with Crippen LogP contribution in [0.5, 0.6) is 0 Å². The van der Waals surface area contributed by atoms with Crippen molar-refractivity contribution < 1.29 is 74.9 Å². The number of amides is 5. The molecular weight excluding hydrogens is 893 g/mol. The molecule has 360 valence electrons. The van der Waals surface area contributed by atoms with Crippen molar-refractivity contribution in [2.45, 2.75) is 128 Å². The third-order valence-electron chi connectivity index (χ3n) is 10.6. The van der Waals surface area contributed by atoms with E-state index in [1.807, 2.05) is 30.3 Å². The molecule has 6 N–H and O–H groups in total. The second-order valence-corrected chi connectivity index (χ2v) is 18.3. The summed E-state index contributed by atoms with van der Waals surface area (Å²) in [6.07, 6.45) is -1.33. The molecule has 5 amide bonds. The lowest BCUT2D eigenvalue weighted by atomic mass is 9.98. The van der Waals surface area contributed by atoms with Crippen LogP contribution in [0.3, 0.4) is 0 Å². The van der Waals surface area contributed by atoms with E-state index in [4.69, 9.17) is 24.3 Å². The first-order chi connectivity index (χ1) is 31.3. The molecule has 0 radical (unpaired) electrons. The molecule has 66 heavy (non-hydrogen) atoms. The van der Waals surface area contributed by atoms with Gasteiger partial charge in [-0.3, -0.25) is 37.6 Å². The van der Waals surface area contributed by atoms with Gasteiger partial charge in [0.05, 0.1) is 12.2 Å². The van der Waals surface area contributed by atoms with E-state index in [1.165, 1.54) is 44.7 Å². The number of primary amides is 1. The zero-order chi connectivity index (χ0) is 48.2. The molecule has 2 saturated heterocycles. The molecule has 1 aromatic heterocycles. The number of H-pyrrole nitrogens is 1. The van der Waals surface area contributed by atoms with Gasteiger partial charge in [-0.25, -0.2) is 9.59 Å². The maximum atomic E-state index is 16.2. The smallest absolute Gasteiger partial charge is 0.432 e. The molecule has 4 atom stereocenters. The summed E-state index contributed by atoms with van der Waals surface area (Å²) in [6, 6.07) is 9.70. The number of aromatic amines is 1. The van der Waals surface area contributed by atoms with Crippen LogP contribution in [-0.2, 0) is 63.9 Å². The van der Waals surface area contributed by atoms with E-state index in [0.717, 1.165) is 17.7 Å². The highest BCUT2D eigenvalue weighted by Crippen LogP contribution is 2.67. The molecule has 0 saturated carbocycles. The van der Waals surface area contributed by atoms with Gasteiger partial charge in [-0.15, -0.1) is 0 Å². The Bertz CT molecular complexity index is 2250. The SMILES string of the molecule is CC(C)OC(=O)OCOP(=O)(OCOC(=O)OC(C)C)C(F)(F)c1ccc2[nH]c(C(=O)N[C@H]3CCCCC4CC[C@@H](C(=O)NC(CCC(N)=O)C(=O)NCc5ccccc5)N4C3=O)cc2c1. The Hall–Kier alpha value is -6.12. The first kappa shape index (κ1) is 50.9. The molecule has 0 spiro atoms. The monoisotopic (exact) mass is 948 g/mol. The van der Waals surface area contributed by atoms with Crippen molar-refractivity contribution in [3.63, 3.8) is 0 Å². The van der Waals surface area contributed by atoms with Crippen LogP contribution in [0.2, 0.25) is 0 Å². The standard InChI is InChI=1S/C43H55F2N6O14P/c1-25(2)64-41(57)60-23-62-66(59,63-24-61-42(58)65-26(3)4)43(44,45)29-14-16-31-28(20-29)21-34(48-31)38(54)50-33-13-9-8-12-30-15-18-35(51(30)40(33)56)39(55)49-32(17-19-36(46)52)37(53)47-22-27-10-6-5-7-11-27/h5-7,10-11,14,16,20-21,25-26,30,32-33,35,48H,8-9,12-13,15,17-19,22-24H2,1-4H3,(H2,46,52)(H,47,53)(H,49,55)(H,50,54)/t30?,32?,33-,35-/m0/s1. The number of nitrogens with zero attached hydrogens (tertiary/aromatic N) is 1. The average molecular weight is 949 g/mol. The third-order valence-corrected chi connectivity index (χ3v) is 12.4. The largest absolute Gasteiger partial charge is 0.510 e. The Balaban J connectivity index is 1.30. The number of hydrogen-bond acceptors (Lipinski definition) is 14. The summed E-state index contributed by atoms with van der Waals surface area (Å²) in [4.78, 5) is 94.8. The fraction of sp³-hybridized carbons (Fsp3) is 0.512. The number of aromatic nitrogens is 1. The highest BCUT2D eigenvalue weighted by atomic mass is 31.2. The van der Waals surface area contributed by atoms with Crippen LogP contribution in [0.15, 0.2) is 54.6 Å². The number of alkyl halides is 2. The lowest BCUT2D eigenvalue weighted by molar-refractivity contribution is -0.143. The van der Waals surface area contributed by atoms with Gasteiger partial charge in [-0.05, 0) is 83.6 Å². The molecule has 0 bridgehead atoms. The van der Waals surface area contributed by atoms with Crippen LogP contribution in [0.1, 0.15) is 101 Å². The summed E-state index contributed by atoms with van der Waals surface area (Å²) in [5, 5.41) is 8.25. The van der Waals surface area contributed by atoms with E-state index < -0.39 is 105 Å². The maximum Gasteiger partial charge on any atom is 0.510 e. The maximum absolute atomic E-state index is 16.2. The molecular formula is C43H55F2N6O14P. The van der Waals surface area contributed by atoms with E-state index in [9.17, 15) is 38.1 Å². The minimum Gasteiger partial charge on any atom is -0.432 e. The zero-order valence-corrected chi connectivity index (χ0v) is 37.8. The summed E-state index contributed by atoms with van der Waals surface area (Å²) in [6.45, 7) is 3.53. The Morgan fingerprint density at radius 1 is 0.879 bits per heavy atom. The molecule has 0 aliphatic carbocycles. The lowest BCUT2D eigenvalue weighted by Gasteiger charge is -2.35. The molecule has 20 nitrogen and oxygen atoms in total. The van der Waals surface area contributed by atoms with Gasteiger partial charge in [-0.1, -0.05) is 49.2 Å². The van der Waals surface area contributed by atoms with E-state index in [2.05, 4.69) is 30.4 Å². The molecule has 23 heteroatoms. The summed E-state index contributed by atoms with van der Waals surface area (Å²) < 4.78 is 74.5. The number of nitrogens with one attached hydrogen (secondary N) is 4. The number of hydrogen-bond donors (Lipinski definition) is 5. The average Bonchev–Trinajstić information content (AvgIpc) is 3.88. The van der Waals surface area contributed by atoms with E-state index in [0.29, 0.717) is 25.7 Å². The van der Waals surface area contributed by atoms with Gasteiger partial charge < -0.3 is 50.5 Å². The Morgan fingerprint density at radius 2 is 1.52 bits per heavy atom. The number of benzene rings is 2. The van der Waals surface area contributed by atoms with Crippen molar-refractivity contribution in [1.82, 2.24) is 25.8 Å². The van der Waals surface area contributed by atoms with Crippen molar-refractivity contribution in [3.8, 4) is 0 Å². The lowest BCUT2D eigenvalue weighted by Crippen LogP contribution is -2.58. The van der Waals surface area contributed by atoms with Gasteiger partial charge in [0, 0.05) is 35.5 Å². The van der Waals surface area contributed by atoms with Gasteiger partial charge in [0.1, 0.15) is 23.8 Å². The van der Waals surface area contributed by atoms with Crippen LogP contribution >= 0.6 is 7.60 Å². The highest BCUT2D eigenvalue weighted by Gasteiger charge is 2.56. The number of rotatable bonds is 20. The Morgan fingerprint density at radius 3 is 2.14 bits per heavy atom. The van der Waals surface area contributed by atoms with Crippen molar-refractivity contribution in [3.05, 3.63) is 71.4 Å². The number of ether oxygens (including phenoxy) is 4. The molecule has 2 aromatic carbocycles. The van der Waals surface area contributed by atoms with Crippen molar-refractivity contribution in [2.75, 3.05) is 13.6 Å². The second kappa shape index (κ2) is 22.9. The Labute approximate surface area is 378 Å². The highest BCUT2D eigenvalue weighted by molar-refractivity contribution is 7.54. The van der Waals surface area contributed by atoms with Crippen molar-refractivity contribution in [2.24, 2.45) is 5.73 Å². The fourth-order valence-corrected chi connectivity index (χ4v) is 8.67. The molecule has 3 heterocycles.